The number of hydrogen-bond donors (Lipinski definition) is 2. The Morgan fingerprint density at radius 2 is 2.13 bits per heavy atom. The molecule has 0 spiro atoms. The number of carbonyl (C=O) groups excluding carboxylic acids is 1. The number of H-pyrrole nitrogens is 1. The zero-order valence-electron chi connectivity index (χ0n) is 18.4. The van der Waals surface area contributed by atoms with Gasteiger partial charge in [-0.05, 0) is 67.4 Å². The van der Waals surface area contributed by atoms with Crippen molar-refractivity contribution in [1.29, 1.82) is 0 Å². The molecular weight excluding hydrogens is 398 g/mol. The smallest absolute Gasteiger partial charge is 0.262 e. The van der Waals surface area contributed by atoms with E-state index >= 15 is 0 Å². The second-order valence-electron chi connectivity index (χ2n) is 8.90. The van der Waals surface area contributed by atoms with Crippen LogP contribution in [-0.2, 0) is 11.3 Å². The van der Waals surface area contributed by atoms with Crippen LogP contribution in [0, 0.1) is 22.5 Å². The zero-order valence-corrected chi connectivity index (χ0v) is 19.2. The highest BCUT2D eigenvalue weighted by Crippen LogP contribution is 2.33. The third-order valence-corrected chi connectivity index (χ3v) is 6.64. The van der Waals surface area contributed by atoms with Crippen molar-refractivity contribution in [3.8, 4) is 0 Å². The summed E-state index contributed by atoms with van der Waals surface area (Å²) in [7, 11) is 1.63. The first-order chi connectivity index (χ1) is 14.3. The molecule has 1 saturated carbocycles. The number of hydrogen-bond acceptors (Lipinski definition) is 4. The average Bonchev–Trinajstić information content (AvgIpc) is 2.70. The number of nitrogens with one attached hydrogen (secondary N) is 2. The van der Waals surface area contributed by atoms with E-state index in [4.69, 9.17) is 17.0 Å². The van der Waals surface area contributed by atoms with E-state index in [0.29, 0.717) is 58.6 Å². The molecule has 3 atom stereocenters. The second kappa shape index (κ2) is 9.88. The molecule has 3 unspecified atom stereocenters. The third kappa shape index (κ3) is 5.01. The van der Waals surface area contributed by atoms with Crippen molar-refractivity contribution in [2.75, 3.05) is 13.7 Å². The number of aromatic nitrogens is 2. The van der Waals surface area contributed by atoms with Crippen LogP contribution in [0.2, 0.25) is 0 Å². The van der Waals surface area contributed by atoms with Crippen LogP contribution in [-0.4, -0.2) is 35.2 Å². The normalized spacial score (nSPS) is 21.8. The van der Waals surface area contributed by atoms with Crippen LogP contribution >= 0.6 is 12.2 Å². The van der Waals surface area contributed by atoms with Crippen LogP contribution < -0.4 is 10.9 Å². The average molecular weight is 432 g/mol. The van der Waals surface area contributed by atoms with Crippen molar-refractivity contribution < 1.29 is 9.53 Å². The van der Waals surface area contributed by atoms with E-state index in [2.05, 4.69) is 31.1 Å². The van der Waals surface area contributed by atoms with Crippen LogP contribution in [0.3, 0.4) is 0 Å². The summed E-state index contributed by atoms with van der Waals surface area (Å²) in [6.07, 6.45) is 4.09. The van der Waals surface area contributed by atoms with E-state index in [1.165, 1.54) is 6.42 Å². The van der Waals surface area contributed by atoms with Gasteiger partial charge in [0.25, 0.3) is 11.5 Å². The minimum atomic E-state index is -0.141. The fraction of sp³-hybridized carbons (Fsp3) is 0.609. The van der Waals surface area contributed by atoms with Crippen molar-refractivity contribution in [3.63, 3.8) is 0 Å². The van der Waals surface area contributed by atoms with Crippen molar-refractivity contribution in [3.05, 3.63) is 38.9 Å². The first-order valence-corrected chi connectivity index (χ1v) is 11.3. The summed E-state index contributed by atoms with van der Waals surface area (Å²) >= 11 is 5.38. The molecule has 2 aromatic rings. The zero-order chi connectivity index (χ0) is 21.8. The molecule has 1 heterocycles. The van der Waals surface area contributed by atoms with Gasteiger partial charge in [0.05, 0.1) is 10.9 Å². The fourth-order valence-electron chi connectivity index (χ4n) is 4.59. The fourth-order valence-corrected chi connectivity index (χ4v) is 4.87. The Hall–Kier alpha value is -1.99. The molecule has 1 aromatic carbocycles. The minimum absolute atomic E-state index is 0.0924. The van der Waals surface area contributed by atoms with Gasteiger partial charge in [0.2, 0.25) is 0 Å². The molecule has 2 N–H and O–H groups in total. The summed E-state index contributed by atoms with van der Waals surface area (Å²) in [5, 5.41) is 3.79. The van der Waals surface area contributed by atoms with Crippen LogP contribution in [0.25, 0.3) is 10.9 Å². The van der Waals surface area contributed by atoms with E-state index in [9.17, 15) is 9.59 Å². The standard InChI is InChI=1S/C23H33N3O3S/c1-14(2)17-8-6-15(3)12-19(17)24-21(27)16-7-9-18-20(13-16)25-23(30)26(22(18)28)10-5-11-29-4/h7,9,13-15,17,19H,5-6,8,10-12H2,1-4H3,(H,24,27)(H,25,30). The second-order valence-corrected chi connectivity index (χ2v) is 9.29. The maximum absolute atomic E-state index is 13.0. The maximum Gasteiger partial charge on any atom is 0.262 e. The van der Waals surface area contributed by atoms with E-state index in [-0.39, 0.29) is 17.5 Å². The highest BCUT2D eigenvalue weighted by atomic mass is 32.1. The van der Waals surface area contributed by atoms with Gasteiger partial charge in [-0.3, -0.25) is 14.2 Å². The molecular formula is C23H33N3O3S. The molecule has 7 heteroatoms. The van der Waals surface area contributed by atoms with Gasteiger partial charge < -0.3 is 15.0 Å². The van der Waals surface area contributed by atoms with Gasteiger partial charge in [0.15, 0.2) is 4.77 Å². The summed E-state index contributed by atoms with van der Waals surface area (Å²) in [6.45, 7) is 7.77. The Bertz CT molecular complexity index is 1010. The van der Waals surface area contributed by atoms with Gasteiger partial charge in [-0.25, -0.2) is 0 Å². The molecule has 30 heavy (non-hydrogen) atoms. The number of fused-ring (bicyclic) bond motifs is 1. The summed E-state index contributed by atoms with van der Waals surface area (Å²) in [4.78, 5) is 28.9. The monoisotopic (exact) mass is 431 g/mol. The first-order valence-electron chi connectivity index (χ1n) is 10.9. The molecule has 0 aliphatic heterocycles. The van der Waals surface area contributed by atoms with E-state index < -0.39 is 0 Å². The molecule has 1 amide bonds. The summed E-state index contributed by atoms with van der Waals surface area (Å²) < 4.78 is 6.97. The first kappa shape index (κ1) is 22.7. The van der Waals surface area contributed by atoms with E-state index in [0.717, 1.165) is 12.8 Å². The Balaban J connectivity index is 1.84. The van der Waals surface area contributed by atoms with Gasteiger partial charge in [0.1, 0.15) is 0 Å². The molecule has 1 aliphatic rings. The third-order valence-electron chi connectivity index (χ3n) is 6.31. The summed E-state index contributed by atoms with van der Waals surface area (Å²) in [5.41, 5.74) is 1.00. The molecule has 164 valence electrons. The lowest BCUT2D eigenvalue weighted by Gasteiger charge is -2.37. The van der Waals surface area contributed by atoms with Crippen LogP contribution in [0.5, 0.6) is 0 Å². The molecule has 0 radical (unpaired) electrons. The predicted octanol–water partition coefficient (Wildman–Crippen LogP) is 4.29. The number of rotatable bonds is 7. The van der Waals surface area contributed by atoms with Crippen LogP contribution in [0.15, 0.2) is 23.0 Å². The van der Waals surface area contributed by atoms with Gasteiger partial charge in [-0.2, -0.15) is 0 Å². The molecule has 1 aliphatic carbocycles. The number of methoxy groups -OCH3 is 1. The van der Waals surface area contributed by atoms with Crippen molar-refractivity contribution >= 4 is 29.0 Å². The number of benzene rings is 1. The summed E-state index contributed by atoms with van der Waals surface area (Å²) in [6, 6.07) is 5.36. The van der Waals surface area contributed by atoms with Crippen LogP contribution in [0.4, 0.5) is 0 Å². The van der Waals surface area contributed by atoms with E-state index in [1.54, 1.807) is 29.9 Å². The van der Waals surface area contributed by atoms with Crippen molar-refractivity contribution in [1.82, 2.24) is 14.9 Å². The predicted molar refractivity (Wildman–Crippen MR) is 122 cm³/mol. The molecule has 0 saturated heterocycles. The SMILES string of the molecule is COCCCn1c(=S)[nH]c2cc(C(=O)NC3CC(C)CCC3C(C)C)ccc2c1=O. The number of nitrogens with zero attached hydrogens (tertiary/aromatic N) is 1. The molecule has 6 nitrogen and oxygen atoms in total. The number of amides is 1. The number of aromatic amines is 1. The molecule has 1 aromatic heterocycles. The Kier molecular flexibility index (Phi) is 7.47. The maximum atomic E-state index is 13.0. The molecule has 3 rings (SSSR count). The van der Waals surface area contributed by atoms with Gasteiger partial charge in [0, 0.05) is 31.9 Å². The number of carbonyl (C=O) groups is 1. The van der Waals surface area contributed by atoms with Crippen LogP contribution in [0.1, 0.15) is 56.8 Å². The van der Waals surface area contributed by atoms with Crippen molar-refractivity contribution in [2.24, 2.45) is 17.8 Å². The quantitative estimate of drug-likeness (QED) is 0.507. The highest BCUT2D eigenvalue weighted by Gasteiger charge is 2.31. The highest BCUT2D eigenvalue weighted by molar-refractivity contribution is 7.71. The lowest BCUT2D eigenvalue weighted by molar-refractivity contribution is 0.0868. The summed E-state index contributed by atoms with van der Waals surface area (Å²) in [5.74, 6) is 1.56. The number of ether oxygens (including phenoxy) is 1. The lowest BCUT2D eigenvalue weighted by Crippen LogP contribution is -2.45. The minimum Gasteiger partial charge on any atom is -0.385 e. The Labute approximate surface area is 183 Å². The van der Waals surface area contributed by atoms with Gasteiger partial charge >= 0.3 is 0 Å². The Morgan fingerprint density at radius 3 is 2.83 bits per heavy atom. The Morgan fingerprint density at radius 1 is 1.37 bits per heavy atom. The van der Waals surface area contributed by atoms with Gasteiger partial charge in [-0.15, -0.1) is 0 Å². The topological polar surface area (TPSA) is 76.1 Å². The van der Waals surface area contributed by atoms with Gasteiger partial charge in [-0.1, -0.05) is 27.2 Å². The molecule has 1 fully saturated rings. The lowest BCUT2D eigenvalue weighted by atomic mass is 9.74. The largest absolute Gasteiger partial charge is 0.385 e. The van der Waals surface area contributed by atoms with Crippen molar-refractivity contribution in [2.45, 2.75) is 59.0 Å². The van der Waals surface area contributed by atoms with E-state index in [1.807, 2.05) is 0 Å². The molecule has 0 bridgehead atoms.